The molecule has 0 aliphatic rings. The van der Waals surface area contributed by atoms with Crippen molar-refractivity contribution in [3.05, 3.63) is 35.4 Å². The third kappa shape index (κ3) is 5.43. The number of hydrogen-bond donors (Lipinski definition) is 2. The van der Waals surface area contributed by atoms with Crippen molar-refractivity contribution in [2.24, 2.45) is 0 Å². The monoisotopic (exact) mass is 263 g/mol. The minimum atomic E-state index is -0.370. The summed E-state index contributed by atoms with van der Waals surface area (Å²) in [6.07, 6.45) is 0.678. The van der Waals surface area contributed by atoms with Gasteiger partial charge in [0.05, 0.1) is 6.10 Å². The maximum absolute atomic E-state index is 11.9. The van der Waals surface area contributed by atoms with Gasteiger partial charge in [0, 0.05) is 13.0 Å². The van der Waals surface area contributed by atoms with Crippen molar-refractivity contribution in [3.63, 3.8) is 0 Å². The molecule has 2 N–H and O–H groups in total. The molecule has 0 heterocycles. The van der Waals surface area contributed by atoms with Gasteiger partial charge < -0.3 is 10.4 Å². The first-order chi connectivity index (χ1) is 8.81. The van der Waals surface area contributed by atoms with Crippen LogP contribution in [0, 0.1) is 6.92 Å². The van der Waals surface area contributed by atoms with Crippen LogP contribution < -0.4 is 5.32 Å². The Balaban J connectivity index is 2.54. The Morgan fingerprint density at radius 3 is 2.42 bits per heavy atom. The lowest BCUT2D eigenvalue weighted by molar-refractivity contribution is -0.122. The van der Waals surface area contributed by atoms with Crippen LogP contribution >= 0.6 is 0 Å². The van der Waals surface area contributed by atoms with Gasteiger partial charge in [-0.3, -0.25) is 4.79 Å². The molecule has 1 amide bonds. The van der Waals surface area contributed by atoms with Crippen LogP contribution in [0.1, 0.15) is 44.7 Å². The number of carbonyl (C=O) groups excluding carboxylic acids is 1. The Bertz CT molecular complexity index is 407. The molecule has 1 atom stereocenters. The molecular weight excluding hydrogens is 238 g/mol. The summed E-state index contributed by atoms with van der Waals surface area (Å²) in [5.74, 6) is 0.0335. The van der Waals surface area contributed by atoms with Crippen LogP contribution in [-0.2, 0) is 10.2 Å². The van der Waals surface area contributed by atoms with Crippen LogP contribution in [0.3, 0.4) is 0 Å². The molecule has 0 spiro atoms. The van der Waals surface area contributed by atoms with E-state index in [0.717, 1.165) is 0 Å². The first-order valence-corrected chi connectivity index (χ1v) is 6.83. The molecule has 0 saturated carbocycles. The molecule has 1 rings (SSSR count). The van der Waals surface area contributed by atoms with Crippen LogP contribution in [0.15, 0.2) is 24.3 Å². The first kappa shape index (κ1) is 15.7. The summed E-state index contributed by atoms with van der Waals surface area (Å²) in [5.41, 5.74) is 2.22. The molecule has 0 aliphatic heterocycles. The van der Waals surface area contributed by atoms with Gasteiger partial charge in [-0.05, 0) is 31.2 Å². The Morgan fingerprint density at radius 2 is 1.89 bits per heavy atom. The second kappa shape index (κ2) is 6.71. The molecule has 106 valence electrons. The van der Waals surface area contributed by atoms with E-state index in [1.54, 1.807) is 6.92 Å². The number of carbonyl (C=O) groups is 1. The highest BCUT2D eigenvalue weighted by Crippen LogP contribution is 2.27. The van der Waals surface area contributed by atoms with Gasteiger partial charge in [0.2, 0.25) is 5.91 Å². The first-order valence-electron chi connectivity index (χ1n) is 6.83. The molecule has 0 aliphatic carbocycles. The van der Waals surface area contributed by atoms with Crippen LogP contribution in [-0.4, -0.2) is 23.7 Å². The number of nitrogens with one attached hydrogen (secondary N) is 1. The summed E-state index contributed by atoms with van der Waals surface area (Å²) in [7, 11) is 0. The molecule has 0 bridgehead atoms. The van der Waals surface area contributed by atoms with Crippen molar-refractivity contribution in [1.82, 2.24) is 5.32 Å². The molecular formula is C16H25NO2. The topological polar surface area (TPSA) is 49.3 Å². The average Bonchev–Trinajstić information content (AvgIpc) is 2.28. The smallest absolute Gasteiger partial charge is 0.220 e. The zero-order valence-corrected chi connectivity index (χ0v) is 12.4. The summed E-state index contributed by atoms with van der Waals surface area (Å²) >= 11 is 0. The van der Waals surface area contributed by atoms with Gasteiger partial charge in [-0.1, -0.05) is 43.7 Å². The van der Waals surface area contributed by atoms with Gasteiger partial charge in [-0.2, -0.15) is 0 Å². The van der Waals surface area contributed by atoms with Gasteiger partial charge >= 0.3 is 0 Å². The number of hydrogen-bond acceptors (Lipinski definition) is 2. The fourth-order valence-corrected chi connectivity index (χ4v) is 1.99. The Morgan fingerprint density at radius 1 is 1.32 bits per heavy atom. The van der Waals surface area contributed by atoms with Crippen molar-refractivity contribution in [3.8, 4) is 0 Å². The van der Waals surface area contributed by atoms with Crippen LogP contribution in [0.5, 0.6) is 0 Å². The molecule has 0 fully saturated rings. The number of rotatable bonds is 6. The molecule has 3 nitrogen and oxygen atoms in total. The minimum absolute atomic E-state index is 0.0335. The van der Waals surface area contributed by atoms with Gasteiger partial charge in [0.1, 0.15) is 0 Å². The molecule has 3 heteroatoms. The van der Waals surface area contributed by atoms with Gasteiger partial charge in [0.25, 0.3) is 0 Å². The summed E-state index contributed by atoms with van der Waals surface area (Å²) in [5, 5.41) is 12.0. The van der Waals surface area contributed by atoms with E-state index in [-0.39, 0.29) is 17.4 Å². The van der Waals surface area contributed by atoms with Gasteiger partial charge in [-0.25, -0.2) is 0 Å². The highest BCUT2D eigenvalue weighted by atomic mass is 16.3. The fraction of sp³-hybridized carbons (Fsp3) is 0.562. The molecule has 0 aromatic heterocycles. The van der Waals surface area contributed by atoms with E-state index < -0.39 is 0 Å². The Kier molecular flexibility index (Phi) is 5.55. The third-order valence-electron chi connectivity index (χ3n) is 3.32. The predicted octanol–water partition coefficient (Wildman–Crippen LogP) is 2.55. The quantitative estimate of drug-likeness (QED) is 0.828. The van der Waals surface area contributed by atoms with E-state index in [4.69, 9.17) is 5.11 Å². The van der Waals surface area contributed by atoms with Gasteiger partial charge in [-0.15, -0.1) is 0 Å². The standard InChI is InChI=1S/C16H25NO2/c1-12-5-7-14(8-6-12)16(3,4)11-15(19)17-10-9-13(2)18/h5-8,13,18H,9-11H2,1-4H3,(H,17,19). The van der Waals surface area contributed by atoms with E-state index in [1.165, 1.54) is 11.1 Å². The number of aliphatic hydroxyl groups is 1. The summed E-state index contributed by atoms with van der Waals surface area (Å²) in [6.45, 7) is 8.46. The predicted molar refractivity (Wildman–Crippen MR) is 78.1 cm³/mol. The lowest BCUT2D eigenvalue weighted by Gasteiger charge is -2.25. The van der Waals surface area contributed by atoms with Crippen molar-refractivity contribution in [1.29, 1.82) is 0 Å². The van der Waals surface area contributed by atoms with Crippen LogP contribution in [0.4, 0.5) is 0 Å². The number of benzene rings is 1. The maximum atomic E-state index is 11.9. The van der Waals surface area contributed by atoms with E-state index >= 15 is 0 Å². The number of aliphatic hydroxyl groups excluding tert-OH is 1. The lowest BCUT2D eigenvalue weighted by atomic mass is 9.81. The van der Waals surface area contributed by atoms with Crippen LogP contribution in [0.25, 0.3) is 0 Å². The highest BCUT2D eigenvalue weighted by molar-refractivity contribution is 5.77. The minimum Gasteiger partial charge on any atom is -0.393 e. The molecule has 19 heavy (non-hydrogen) atoms. The summed E-state index contributed by atoms with van der Waals surface area (Å²) < 4.78 is 0. The molecule has 1 aromatic carbocycles. The van der Waals surface area contributed by atoms with Crippen molar-refractivity contribution in [2.45, 2.75) is 52.1 Å². The largest absolute Gasteiger partial charge is 0.393 e. The molecule has 1 aromatic rings. The van der Waals surface area contributed by atoms with E-state index in [9.17, 15) is 4.79 Å². The van der Waals surface area contributed by atoms with E-state index in [2.05, 4.69) is 50.4 Å². The third-order valence-corrected chi connectivity index (χ3v) is 3.32. The van der Waals surface area contributed by atoms with Crippen molar-refractivity contribution >= 4 is 5.91 Å². The molecule has 0 saturated heterocycles. The number of aryl methyl sites for hydroxylation is 1. The summed E-state index contributed by atoms with van der Waals surface area (Å²) in [4.78, 5) is 11.9. The second-order valence-corrected chi connectivity index (χ2v) is 5.91. The SMILES string of the molecule is Cc1ccc(C(C)(C)CC(=O)NCCC(C)O)cc1. The fourth-order valence-electron chi connectivity index (χ4n) is 1.99. The van der Waals surface area contributed by atoms with Crippen molar-refractivity contribution < 1.29 is 9.90 Å². The maximum Gasteiger partial charge on any atom is 0.220 e. The van der Waals surface area contributed by atoms with E-state index in [1.807, 2.05) is 0 Å². The highest BCUT2D eigenvalue weighted by Gasteiger charge is 2.23. The van der Waals surface area contributed by atoms with Crippen molar-refractivity contribution in [2.75, 3.05) is 6.54 Å². The molecule has 1 unspecified atom stereocenters. The van der Waals surface area contributed by atoms with Crippen LogP contribution in [0.2, 0.25) is 0 Å². The Labute approximate surface area is 116 Å². The zero-order valence-electron chi connectivity index (χ0n) is 12.4. The van der Waals surface area contributed by atoms with E-state index in [0.29, 0.717) is 19.4 Å². The molecule has 0 radical (unpaired) electrons. The number of amides is 1. The lowest BCUT2D eigenvalue weighted by Crippen LogP contribution is -2.32. The average molecular weight is 263 g/mol. The zero-order chi connectivity index (χ0) is 14.5. The van der Waals surface area contributed by atoms with Gasteiger partial charge in [0.15, 0.2) is 0 Å². The summed E-state index contributed by atoms with van der Waals surface area (Å²) in [6, 6.07) is 8.31. The second-order valence-electron chi connectivity index (χ2n) is 5.91. The normalized spacial score (nSPS) is 13.1. The Hall–Kier alpha value is -1.35.